The summed E-state index contributed by atoms with van der Waals surface area (Å²) in [6, 6.07) is -7.91. The molecule has 6 atom stereocenters. The number of aliphatic hydroxyl groups is 1. The van der Waals surface area contributed by atoms with E-state index in [2.05, 4.69) is 43.5 Å². The molecule has 0 aliphatic heterocycles. The number of hydrogen-bond acceptors (Lipinski definition) is 20. The Bertz CT molecular complexity index is 1690. The summed E-state index contributed by atoms with van der Waals surface area (Å²) in [6.45, 7) is 1.44. The minimum Gasteiger partial charge on any atom is -0.861 e. The van der Waals surface area contributed by atoms with Crippen molar-refractivity contribution in [1.29, 1.82) is 0 Å². The van der Waals surface area contributed by atoms with Crippen LogP contribution >= 0.6 is 34.2 Å². The third-order valence-corrected chi connectivity index (χ3v) is 9.83. The molecule has 0 aromatic carbocycles. The number of thiol groups is 1. The summed E-state index contributed by atoms with van der Waals surface area (Å²) >= 11 is 3.93. The van der Waals surface area contributed by atoms with E-state index in [1.54, 1.807) is 0 Å². The molecule has 0 aliphatic rings. The maximum Gasteiger partial charge on any atom is 0.329 e. The number of carbonyl (C=O) groups is 8. The summed E-state index contributed by atoms with van der Waals surface area (Å²) in [5.74, 6) is -10.7. The average Bonchev–Trinajstić information content (AvgIpc) is 3.45. The van der Waals surface area contributed by atoms with Gasteiger partial charge >= 0.3 is 11.9 Å². The van der Waals surface area contributed by atoms with Crippen LogP contribution in [0.25, 0.3) is 0 Å². The summed E-state index contributed by atoms with van der Waals surface area (Å²) in [4.78, 5) is 111. The number of aliphatic hydroxyl groups excluding tert-OH is 1. The molecule has 0 saturated carbocycles. The van der Waals surface area contributed by atoms with E-state index in [1.165, 1.54) is 20.8 Å². The first-order valence-corrected chi connectivity index (χ1v) is 19.6. The highest BCUT2D eigenvalue weighted by Crippen LogP contribution is 2.26. The molecule has 0 bridgehead atoms. The van der Waals surface area contributed by atoms with Gasteiger partial charge in [-0.3, -0.25) is 53.4 Å². The number of aliphatic imine (C=N–C) groups is 2. The van der Waals surface area contributed by atoms with E-state index in [1.807, 2.05) is 5.32 Å². The van der Waals surface area contributed by atoms with E-state index < -0.39 is 133 Å². The molecule has 0 spiro atoms. The number of aromatic nitrogens is 2. The van der Waals surface area contributed by atoms with Crippen molar-refractivity contribution in [2.45, 2.75) is 70.0 Å². The number of nitrogens with zero attached hydrogens (tertiary/aromatic N) is 4. The number of carboxylic acid groups (broad SMARTS) is 2. The smallest absolute Gasteiger partial charge is 0.329 e. The van der Waals surface area contributed by atoms with Gasteiger partial charge in [-0.25, -0.2) is 9.78 Å². The van der Waals surface area contributed by atoms with Crippen molar-refractivity contribution in [3.05, 3.63) is 11.5 Å². The molecule has 1 rings (SSSR count). The molecule has 24 nitrogen and oxygen atoms in total. The van der Waals surface area contributed by atoms with Crippen LogP contribution in [0.1, 0.15) is 44.8 Å². The number of aromatic hydroxyl groups is 1. The number of rotatable bonds is 24. The lowest BCUT2D eigenvalue weighted by molar-refractivity contribution is -0.217. The summed E-state index contributed by atoms with van der Waals surface area (Å²) < 4.78 is 0.879. The van der Waals surface area contributed by atoms with Crippen LogP contribution in [-0.2, 0) is 44.9 Å². The number of carboxylic acids is 2. The largest absolute Gasteiger partial charge is 0.861 e. The van der Waals surface area contributed by atoms with Gasteiger partial charge in [-0.2, -0.15) is 12.6 Å². The number of hydrogen-bond donors (Lipinski definition) is 12. The molecule has 0 fully saturated rings. The fourth-order valence-electron chi connectivity index (χ4n) is 4.21. The van der Waals surface area contributed by atoms with Crippen molar-refractivity contribution in [3.8, 4) is 5.88 Å². The minimum absolute atomic E-state index is 0.0862. The van der Waals surface area contributed by atoms with Crippen LogP contribution in [0.2, 0.25) is 0 Å². The van der Waals surface area contributed by atoms with Crippen LogP contribution < -0.4 is 43.6 Å². The first-order valence-electron chi connectivity index (χ1n) is 16.6. The van der Waals surface area contributed by atoms with E-state index in [-0.39, 0.29) is 23.0 Å². The highest BCUT2D eigenvalue weighted by molar-refractivity contribution is 8.82. The van der Waals surface area contributed by atoms with Crippen molar-refractivity contribution >= 4 is 92.9 Å². The lowest BCUT2D eigenvalue weighted by Crippen LogP contribution is -2.55. The van der Waals surface area contributed by atoms with E-state index in [4.69, 9.17) is 17.2 Å². The molecule has 27 heteroatoms. The van der Waals surface area contributed by atoms with Crippen molar-refractivity contribution in [3.63, 3.8) is 0 Å². The number of imide groups is 1. The average molecular weight is 865 g/mol. The first-order chi connectivity index (χ1) is 26.7. The van der Waals surface area contributed by atoms with Gasteiger partial charge in [0, 0.05) is 18.1 Å². The number of nitrogens with two attached hydrogens (primary N) is 3. The number of nitrogens with one attached hydrogen (secondary N) is 4. The van der Waals surface area contributed by atoms with E-state index >= 15 is 0 Å². The Kier molecular flexibility index (Phi) is 21.8. The quantitative estimate of drug-likeness (QED) is 0.0200. The zero-order valence-corrected chi connectivity index (χ0v) is 33.3. The number of amides is 5. The standard InChI is InChI=1S/C30H47N11O13S3/c1-12(2)23(40-26(49)17(9-42)37-19(43)5-31)27(50)35-7-20(44)36-15(4-22(46)47)25(48)39-21(45)8-41-24(13(3)32)38-16(28(41)51)6-34-18(29(52)53)11-56-57-30(54)14(33)10-55/h6,12-15,17-18,23,42,51,55H,4-5,7-11,31-33H2,1-3H3,(H,35,50)(H,36,44)(H,37,43)(H,40,49)(H,46,47)(H,52,53)(H,39,45,48)/p-1/t13-,14-,15-,17-,18?,23-/m0/s1. The zero-order valence-electron chi connectivity index (χ0n) is 30.8. The second-order valence-corrected chi connectivity index (χ2v) is 14.9. The van der Waals surface area contributed by atoms with Crippen LogP contribution in [0.15, 0.2) is 9.98 Å². The van der Waals surface area contributed by atoms with Gasteiger partial charge < -0.3 is 58.7 Å². The lowest BCUT2D eigenvalue weighted by atomic mass is 10.0. The van der Waals surface area contributed by atoms with Crippen LogP contribution in [-0.4, -0.2) is 150 Å². The van der Waals surface area contributed by atoms with E-state index in [0.29, 0.717) is 0 Å². The van der Waals surface area contributed by atoms with E-state index in [0.717, 1.165) is 32.4 Å². The summed E-state index contributed by atoms with van der Waals surface area (Å²) in [6.07, 6.45) is -0.107. The fraction of sp³-hybridized carbons (Fsp3) is 0.567. The minimum atomic E-state index is -1.86. The third-order valence-electron chi connectivity index (χ3n) is 7.15. The Morgan fingerprint density at radius 1 is 1.00 bits per heavy atom. The van der Waals surface area contributed by atoms with Gasteiger partial charge in [0.25, 0.3) is 0 Å². The summed E-state index contributed by atoms with van der Waals surface area (Å²) in [5, 5.41) is 58.7. The maximum atomic E-state index is 13.0. The lowest BCUT2D eigenvalue weighted by Gasteiger charge is -2.24. The fourth-order valence-corrected chi connectivity index (χ4v) is 6.56. The van der Waals surface area contributed by atoms with Gasteiger partial charge in [-0.05, 0) is 29.5 Å². The van der Waals surface area contributed by atoms with Crippen molar-refractivity contribution in [2.75, 3.05) is 31.2 Å². The maximum absolute atomic E-state index is 13.0. The molecule has 0 radical (unpaired) electrons. The monoisotopic (exact) mass is 864 g/mol. The van der Waals surface area contributed by atoms with Crippen molar-refractivity contribution < 1.29 is 63.9 Å². The molecule has 14 N–H and O–H groups in total. The number of imidazole rings is 1. The molecular weight excluding hydrogens is 819 g/mol. The van der Waals surface area contributed by atoms with Gasteiger partial charge in [-0.15, -0.1) is 0 Å². The van der Waals surface area contributed by atoms with Crippen LogP contribution in [0.5, 0.6) is 5.88 Å². The van der Waals surface area contributed by atoms with Crippen LogP contribution in [0.4, 0.5) is 0 Å². The number of carbonyl (C=O) groups excluding carboxylic acids is 6. The van der Waals surface area contributed by atoms with Gasteiger partial charge in [0.15, 0.2) is 12.1 Å². The number of aliphatic carboxylic acids is 2. The molecular formula is C30H46N11O13S3-. The Morgan fingerprint density at radius 2 is 1.65 bits per heavy atom. The predicted molar refractivity (Wildman–Crippen MR) is 207 cm³/mol. The second-order valence-electron chi connectivity index (χ2n) is 12.2. The molecule has 318 valence electrons. The van der Waals surface area contributed by atoms with Gasteiger partial charge in [0.1, 0.15) is 30.1 Å². The van der Waals surface area contributed by atoms with Gasteiger partial charge in [0.2, 0.25) is 40.5 Å². The van der Waals surface area contributed by atoms with Crippen LogP contribution in [0.3, 0.4) is 0 Å². The molecule has 0 aliphatic carbocycles. The normalized spacial score (nSPS) is 14.9. The summed E-state index contributed by atoms with van der Waals surface area (Å²) in [5.41, 5.74) is 16.4. The zero-order chi connectivity index (χ0) is 43.6. The van der Waals surface area contributed by atoms with Gasteiger partial charge in [0.05, 0.1) is 37.9 Å². The molecule has 57 heavy (non-hydrogen) atoms. The topological polar surface area (TPSA) is 409 Å². The second kappa shape index (κ2) is 24.8. The van der Waals surface area contributed by atoms with Gasteiger partial charge in [-0.1, -0.05) is 24.6 Å². The highest BCUT2D eigenvalue weighted by Gasteiger charge is 2.30. The Morgan fingerprint density at radius 3 is 2.18 bits per heavy atom. The molecule has 5 amide bonds. The van der Waals surface area contributed by atoms with Crippen molar-refractivity contribution in [1.82, 2.24) is 30.8 Å². The van der Waals surface area contributed by atoms with Crippen molar-refractivity contribution in [2.24, 2.45) is 33.1 Å². The Hall–Kier alpha value is -4.80. The molecule has 1 aromatic rings. The first kappa shape index (κ1) is 50.2. The predicted octanol–water partition coefficient (Wildman–Crippen LogP) is -5.42. The highest BCUT2D eigenvalue weighted by atomic mass is 33.1. The summed E-state index contributed by atoms with van der Waals surface area (Å²) in [7, 11) is 1.60. The SMILES string of the molecule is CC(C)[C@H](NC(=O)[C@H](CO)N=C([O-])CN)C(=O)NCC(=O)N[C@@H](CC(=O)O)C(=O)NC(=O)Cn1c([C@H](C)N)nc(C=NC(CSSC(=O)[C@@H](N)CS)C(=O)O)c1O. The Labute approximate surface area is 338 Å². The van der Waals surface area contributed by atoms with E-state index in [9.17, 15) is 63.9 Å². The molecule has 1 unspecified atom stereocenters. The molecule has 1 heterocycles. The molecule has 0 saturated heterocycles. The van der Waals surface area contributed by atoms with Crippen LogP contribution in [0, 0.1) is 5.92 Å². The Balaban J connectivity index is 3.04. The third kappa shape index (κ3) is 17.1. The molecule has 1 aromatic heterocycles.